The molecule has 2 aromatic rings. The lowest BCUT2D eigenvalue weighted by Gasteiger charge is -2.39. The van der Waals surface area contributed by atoms with Gasteiger partial charge in [0.25, 0.3) is 0 Å². The van der Waals surface area contributed by atoms with Crippen LogP contribution in [0.3, 0.4) is 0 Å². The van der Waals surface area contributed by atoms with E-state index in [1.54, 1.807) is 24.3 Å². The Kier molecular flexibility index (Phi) is 11.2. The standard InChI is InChI=1S/C33H44O17/c1-42-17-5-4-13(6-18(17)47-32-27(40)25(38)23(36)21(9-34)48-32)29-15-11-46-30(16(15)12-45-29)14-7-19(43-2)31(20(8-14)44-3)50-33-28(41)26(39)24(37)22(10-35)49-33/h4-8,15-16,21-30,32-41H,9-12H2,1-3H3/t15-,16+,21-,22-,23+,24+,25+,26+,27+,28+,29-,30+,32-,33-/m0/s1. The molecule has 0 bridgehead atoms. The highest BCUT2D eigenvalue weighted by Crippen LogP contribution is 2.53. The smallest absolute Gasteiger partial charge is 0.229 e. The van der Waals surface area contributed by atoms with Gasteiger partial charge in [0.2, 0.25) is 18.3 Å². The summed E-state index contributed by atoms with van der Waals surface area (Å²) in [6.45, 7) is -0.551. The van der Waals surface area contributed by atoms with Gasteiger partial charge in [-0.05, 0) is 35.4 Å². The zero-order valence-corrected chi connectivity index (χ0v) is 27.6. The molecule has 0 radical (unpaired) electrons. The van der Waals surface area contributed by atoms with Crippen molar-refractivity contribution in [2.75, 3.05) is 47.8 Å². The third-order valence-corrected chi connectivity index (χ3v) is 9.77. The van der Waals surface area contributed by atoms with Gasteiger partial charge in [0.1, 0.15) is 48.8 Å². The van der Waals surface area contributed by atoms with Crippen LogP contribution in [0.15, 0.2) is 30.3 Å². The Bertz CT molecular complexity index is 1430. The first-order valence-corrected chi connectivity index (χ1v) is 16.2. The Labute approximate surface area is 287 Å². The number of benzene rings is 2. The normalized spacial score (nSPS) is 38.4. The van der Waals surface area contributed by atoms with Crippen molar-refractivity contribution in [1.29, 1.82) is 0 Å². The molecule has 14 atom stereocenters. The Morgan fingerprint density at radius 1 is 0.560 bits per heavy atom. The maximum Gasteiger partial charge on any atom is 0.229 e. The van der Waals surface area contributed by atoms with E-state index < -0.39 is 86.8 Å². The first kappa shape index (κ1) is 36.7. The Hall–Kier alpha value is -3.04. The van der Waals surface area contributed by atoms with Gasteiger partial charge in [-0.3, -0.25) is 0 Å². The van der Waals surface area contributed by atoms with E-state index in [0.717, 1.165) is 5.56 Å². The zero-order chi connectivity index (χ0) is 35.9. The average Bonchev–Trinajstić information content (AvgIpc) is 3.75. The molecule has 4 fully saturated rings. The Morgan fingerprint density at radius 3 is 1.50 bits per heavy atom. The number of fused-ring (bicyclic) bond motifs is 1. The van der Waals surface area contributed by atoms with Gasteiger partial charge in [-0.2, -0.15) is 0 Å². The largest absolute Gasteiger partial charge is 0.493 e. The molecule has 17 heteroatoms. The molecular formula is C33H44O17. The van der Waals surface area contributed by atoms with Crippen molar-refractivity contribution in [3.05, 3.63) is 41.5 Å². The highest BCUT2D eigenvalue weighted by atomic mass is 16.7. The summed E-state index contributed by atoms with van der Waals surface area (Å²) < 4.78 is 52.1. The van der Waals surface area contributed by atoms with Crippen molar-refractivity contribution in [3.8, 4) is 28.7 Å². The predicted molar refractivity (Wildman–Crippen MR) is 166 cm³/mol. The molecule has 4 heterocycles. The molecule has 278 valence electrons. The fourth-order valence-electron chi connectivity index (χ4n) is 6.95. The molecule has 0 spiro atoms. The average molecular weight is 713 g/mol. The monoisotopic (exact) mass is 712 g/mol. The fraction of sp³-hybridized carbons (Fsp3) is 0.636. The third-order valence-electron chi connectivity index (χ3n) is 9.77. The van der Waals surface area contributed by atoms with E-state index in [-0.39, 0.29) is 34.8 Å². The first-order valence-electron chi connectivity index (χ1n) is 16.2. The molecule has 8 N–H and O–H groups in total. The third kappa shape index (κ3) is 6.69. The van der Waals surface area contributed by atoms with Crippen molar-refractivity contribution in [3.63, 3.8) is 0 Å². The Morgan fingerprint density at radius 2 is 1.02 bits per heavy atom. The quantitative estimate of drug-likeness (QED) is 0.127. The molecule has 17 nitrogen and oxygen atoms in total. The molecule has 0 amide bonds. The van der Waals surface area contributed by atoms with Gasteiger partial charge in [-0.25, -0.2) is 0 Å². The lowest BCUT2D eigenvalue weighted by Crippen LogP contribution is -2.60. The number of hydrogen-bond acceptors (Lipinski definition) is 17. The minimum absolute atomic E-state index is 0.0586. The van der Waals surface area contributed by atoms with Gasteiger partial charge >= 0.3 is 0 Å². The number of rotatable bonds is 11. The molecule has 0 unspecified atom stereocenters. The molecule has 50 heavy (non-hydrogen) atoms. The highest BCUT2D eigenvalue weighted by molar-refractivity contribution is 5.55. The SMILES string of the molecule is COc1ccc([C@@H]2OC[C@@H]3[C@@H]2CO[C@@H]3c2cc(OC)c(O[C@@H]3O[C@@H](CO)[C@@H](O)[C@@H](O)[C@H]3O)c(OC)c2)cc1O[C@H]1O[C@@H](CO)[C@@H](O)[C@@H](O)[C@H]1O. The number of ether oxygens (including phenoxy) is 9. The van der Waals surface area contributed by atoms with E-state index in [0.29, 0.717) is 24.5 Å². The van der Waals surface area contributed by atoms with Gasteiger partial charge in [0.15, 0.2) is 23.0 Å². The fourth-order valence-corrected chi connectivity index (χ4v) is 6.95. The van der Waals surface area contributed by atoms with Gasteiger partial charge in [0.05, 0.1) is 60.0 Å². The molecule has 4 aliphatic rings. The second-order valence-electron chi connectivity index (χ2n) is 12.6. The highest BCUT2D eigenvalue weighted by Gasteiger charge is 2.50. The number of aliphatic hydroxyl groups is 8. The van der Waals surface area contributed by atoms with Gasteiger partial charge in [-0.1, -0.05) is 6.07 Å². The van der Waals surface area contributed by atoms with Crippen molar-refractivity contribution in [2.24, 2.45) is 11.8 Å². The van der Waals surface area contributed by atoms with Gasteiger partial charge < -0.3 is 83.5 Å². The second kappa shape index (κ2) is 15.3. The van der Waals surface area contributed by atoms with Gasteiger partial charge in [-0.15, -0.1) is 0 Å². The van der Waals surface area contributed by atoms with Crippen LogP contribution in [0.5, 0.6) is 28.7 Å². The lowest BCUT2D eigenvalue weighted by atomic mass is 9.84. The molecule has 4 aliphatic heterocycles. The van der Waals surface area contributed by atoms with Crippen molar-refractivity contribution in [2.45, 2.75) is 73.6 Å². The molecule has 0 aliphatic carbocycles. The number of aliphatic hydroxyl groups excluding tert-OH is 8. The van der Waals surface area contributed by atoms with E-state index in [1.165, 1.54) is 21.3 Å². The molecule has 0 saturated carbocycles. The van der Waals surface area contributed by atoms with E-state index in [4.69, 9.17) is 42.6 Å². The van der Waals surface area contributed by atoms with Crippen LogP contribution in [0.4, 0.5) is 0 Å². The number of methoxy groups -OCH3 is 3. The molecule has 0 aromatic heterocycles. The predicted octanol–water partition coefficient (Wildman–Crippen LogP) is -1.85. The summed E-state index contributed by atoms with van der Waals surface area (Å²) in [6, 6.07) is 8.56. The summed E-state index contributed by atoms with van der Waals surface area (Å²) in [4.78, 5) is 0. The van der Waals surface area contributed by atoms with Crippen LogP contribution in [-0.4, -0.2) is 150 Å². The second-order valence-corrected chi connectivity index (χ2v) is 12.6. The minimum atomic E-state index is -1.64. The first-order chi connectivity index (χ1) is 24.0. The number of hydrogen-bond donors (Lipinski definition) is 8. The summed E-state index contributed by atoms with van der Waals surface area (Å²) in [5.41, 5.74) is 1.42. The molecule has 6 rings (SSSR count). The summed E-state index contributed by atoms with van der Waals surface area (Å²) in [5, 5.41) is 80.9. The van der Waals surface area contributed by atoms with Crippen molar-refractivity contribution < 1.29 is 83.5 Å². The van der Waals surface area contributed by atoms with Crippen molar-refractivity contribution >= 4 is 0 Å². The van der Waals surface area contributed by atoms with E-state index in [1.807, 2.05) is 6.07 Å². The van der Waals surface area contributed by atoms with Crippen LogP contribution in [-0.2, 0) is 18.9 Å². The van der Waals surface area contributed by atoms with E-state index >= 15 is 0 Å². The minimum Gasteiger partial charge on any atom is -0.493 e. The molecular weight excluding hydrogens is 668 g/mol. The van der Waals surface area contributed by atoms with Crippen LogP contribution in [0.2, 0.25) is 0 Å². The summed E-state index contributed by atoms with van der Waals surface area (Å²) in [6.07, 6.45) is -15.7. The van der Waals surface area contributed by atoms with Crippen LogP contribution in [0.1, 0.15) is 23.3 Å². The summed E-state index contributed by atoms with van der Waals surface area (Å²) in [5.74, 6) is 0.766. The van der Waals surface area contributed by atoms with Crippen LogP contribution in [0.25, 0.3) is 0 Å². The van der Waals surface area contributed by atoms with Crippen LogP contribution in [0, 0.1) is 11.8 Å². The maximum absolute atomic E-state index is 10.5. The van der Waals surface area contributed by atoms with E-state index in [2.05, 4.69) is 0 Å². The zero-order valence-electron chi connectivity index (χ0n) is 27.6. The summed E-state index contributed by atoms with van der Waals surface area (Å²) >= 11 is 0. The Balaban J connectivity index is 1.20. The van der Waals surface area contributed by atoms with Crippen LogP contribution >= 0.6 is 0 Å². The van der Waals surface area contributed by atoms with Crippen LogP contribution < -0.4 is 23.7 Å². The molecule has 4 saturated heterocycles. The van der Waals surface area contributed by atoms with E-state index in [9.17, 15) is 40.9 Å². The summed E-state index contributed by atoms with van der Waals surface area (Å²) in [7, 11) is 4.27. The molecule has 2 aromatic carbocycles. The lowest BCUT2D eigenvalue weighted by molar-refractivity contribution is -0.277. The van der Waals surface area contributed by atoms with Gasteiger partial charge in [0, 0.05) is 11.8 Å². The topological polar surface area (TPSA) is 245 Å². The maximum atomic E-state index is 10.5. The van der Waals surface area contributed by atoms with Crippen molar-refractivity contribution in [1.82, 2.24) is 0 Å².